The van der Waals surface area contributed by atoms with Crippen LogP contribution in [-0.4, -0.2) is 5.91 Å². The third kappa shape index (κ3) is 3.34. The minimum atomic E-state index is -0.112. The van der Waals surface area contributed by atoms with E-state index in [4.69, 9.17) is 11.6 Å². The molecule has 1 N–H and O–H groups in total. The fraction of sp³-hybridized carbons (Fsp3) is 0.133. The van der Waals surface area contributed by atoms with E-state index in [1.807, 2.05) is 25.1 Å². The van der Waals surface area contributed by atoms with E-state index in [1.165, 1.54) is 5.56 Å². The Labute approximate surface area is 112 Å². The molecule has 1 amide bonds. The number of carbonyl (C=O) groups is 1. The fourth-order valence-electron chi connectivity index (χ4n) is 1.74. The molecule has 0 fully saturated rings. The maximum atomic E-state index is 11.9. The Morgan fingerprint density at radius 1 is 1.17 bits per heavy atom. The average Bonchev–Trinajstić information content (AvgIpc) is 2.36. The number of halogens is 1. The molecule has 0 aromatic heterocycles. The zero-order chi connectivity index (χ0) is 13.0. The van der Waals surface area contributed by atoms with Crippen LogP contribution < -0.4 is 5.32 Å². The maximum Gasteiger partial charge on any atom is 0.251 e. The van der Waals surface area contributed by atoms with Gasteiger partial charge < -0.3 is 5.32 Å². The molecule has 0 aliphatic heterocycles. The molecule has 2 aromatic carbocycles. The van der Waals surface area contributed by atoms with Crippen LogP contribution in [-0.2, 0) is 6.54 Å². The molecule has 2 aromatic rings. The van der Waals surface area contributed by atoms with E-state index >= 15 is 0 Å². The molecule has 0 aliphatic rings. The Morgan fingerprint density at radius 3 is 2.67 bits per heavy atom. The van der Waals surface area contributed by atoms with Gasteiger partial charge in [-0.05, 0) is 30.7 Å². The van der Waals surface area contributed by atoms with E-state index in [9.17, 15) is 4.79 Å². The van der Waals surface area contributed by atoms with Crippen LogP contribution in [0.3, 0.4) is 0 Å². The van der Waals surface area contributed by atoms with Crippen molar-refractivity contribution in [3.63, 3.8) is 0 Å². The predicted octanol–water partition coefficient (Wildman–Crippen LogP) is 3.58. The van der Waals surface area contributed by atoms with Crippen molar-refractivity contribution in [3.05, 3.63) is 70.2 Å². The maximum absolute atomic E-state index is 11.9. The summed E-state index contributed by atoms with van der Waals surface area (Å²) in [6.45, 7) is 2.55. The first-order chi connectivity index (χ1) is 8.65. The van der Waals surface area contributed by atoms with Gasteiger partial charge in [0.25, 0.3) is 5.91 Å². The van der Waals surface area contributed by atoms with Crippen molar-refractivity contribution in [2.24, 2.45) is 0 Å². The van der Waals surface area contributed by atoms with Crippen LogP contribution in [0.5, 0.6) is 0 Å². The van der Waals surface area contributed by atoms with Crippen molar-refractivity contribution in [3.8, 4) is 0 Å². The Kier molecular flexibility index (Phi) is 4.00. The van der Waals surface area contributed by atoms with Crippen LogP contribution in [0.2, 0.25) is 5.02 Å². The van der Waals surface area contributed by atoms with E-state index in [2.05, 4.69) is 11.4 Å². The Hall–Kier alpha value is -1.80. The highest BCUT2D eigenvalue weighted by atomic mass is 35.5. The second-order valence-corrected chi connectivity index (χ2v) is 4.62. The number of nitrogens with one attached hydrogen (secondary N) is 1. The number of hydrogen-bond acceptors (Lipinski definition) is 1. The van der Waals surface area contributed by atoms with Crippen LogP contribution in [0.15, 0.2) is 48.5 Å². The van der Waals surface area contributed by atoms with E-state index in [0.29, 0.717) is 17.1 Å². The van der Waals surface area contributed by atoms with Gasteiger partial charge in [-0.25, -0.2) is 0 Å². The molecule has 3 heteroatoms. The number of aryl methyl sites for hydroxylation is 1. The average molecular weight is 260 g/mol. The number of carbonyl (C=O) groups excluding carboxylic acids is 1. The van der Waals surface area contributed by atoms with Gasteiger partial charge >= 0.3 is 0 Å². The highest BCUT2D eigenvalue weighted by molar-refractivity contribution is 6.30. The summed E-state index contributed by atoms with van der Waals surface area (Å²) >= 11 is 5.85. The summed E-state index contributed by atoms with van der Waals surface area (Å²) in [6, 6.07) is 15.0. The lowest BCUT2D eigenvalue weighted by atomic mass is 10.1. The summed E-state index contributed by atoms with van der Waals surface area (Å²) in [5.41, 5.74) is 2.85. The molecular formula is C15H14ClNO. The largest absolute Gasteiger partial charge is 0.348 e. The smallest absolute Gasteiger partial charge is 0.251 e. The number of rotatable bonds is 3. The van der Waals surface area contributed by atoms with Gasteiger partial charge in [-0.15, -0.1) is 0 Å². The van der Waals surface area contributed by atoms with Crippen LogP contribution in [0.25, 0.3) is 0 Å². The minimum Gasteiger partial charge on any atom is -0.348 e. The standard InChI is InChI=1S/C15H14ClNO/c1-11-4-2-5-12(8-11)10-17-15(18)13-6-3-7-14(16)9-13/h2-9H,10H2,1H3,(H,17,18). The van der Waals surface area contributed by atoms with E-state index in [0.717, 1.165) is 5.56 Å². The molecule has 0 heterocycles. The lowest BCUT2D eigenvalue weighted by Crippen LogP contribution is -2.22. The van der Waals surface area contributed by atoms with Gasteiger partial charge in [0, 0.05) is 17.1 Å². The fourth-order valence-corrected chi connectivity index (χ4v) is 1.93. The minimum absolute atomic E-state index is 0.112. The van der Waals surface area contributed by atoms with Crippen LogP contribution in [0.4, 0.5) is 0 Å². The highest BCUT2D eigenvalue weighted by Crippen LogP contribution is 2.11. The highest BCUT2D eigenvalue weighted by Gasteiger charge is 2.05. The van der Waals surface area contributed by atoms with Gasteiger partial charge in [0.15, 0.2) is 0 Å². The van der Waals surface area contributed by atoms with Crippen molar-refractivity contribution in [2.75, 3.05) is 0 Å². The molecule has 0 bridgehead atoms. The molecule has 0 aliphatic carbocycles. The van der Waals surface area contributed by atoms with Crippen molar-refractivity contribution in [2.45, 2.75) is 13.5 Å². The SMILES string of the molecule is Cc1cccc(CNC(=O)c2cccc(Cl)c2)c1. The molecule has 0 atom stereocenters. The van der Waals surface area contributed by atoms with Crippen LogP contribution in [0.1, 0.15) is 21.5 Å². The first-order valence-electron chi connectivity index (χ1n) is 5.74. The molecule has 2 nitrogen and oxygen atoms in total. The molecular weight excluding hydrogens is 246 g/mol. The molecule has 92 valence electrons. The van der Waals surface area contributed by atoms with Gasteiger partial charge in [-0.2, -0.15) is 0 Å². The molecule has 0 unspecified atom stereocenters. The van der Waals surface area contributed by atoms with Gasteiger partial charge in [-0.3, -0.25) is 4.79 Å². The summed E-state index contributed by atoms with van der Waals surface area (Å²) < 4.78 is 0. The second kappa shape index (κ2) is 5.69. The number of hydrogen-bond donors (Lipinski definition) is 1. The van der Waals surface area contributed by atoms with Crippen molar-refractivity contribution >= 4 is 17.5 Å². The Balaban J connectivity index is 2.00. The van der Waals surface area contributed by atoms with Gasteiger partial charge in [0.1, 0.15) is 0 Å². The summed E-state index contributed by atoms with van der Waals surface area (Å²) in [7, 11) is 0. The third-order valence-corrected chi connectivity index (χ3v) is 2.86. The first-order valence-corrected chi connectivity index (χ1v) is 6.12. The summed E-state index contributed by atoms with van der Waals surface area (Å²) in [6.07, 6.45) is 0. The van der Waals surface area contributed by atoms with Crippen LogP contribution >= 0.6 is 11.6 Å². The summed E-state index contributed by atoms with van der Waals surface area (Å²) in [4.78, 5) is 11.9. The van der Waals surface area contributed by atoms with Crippen LogP contribution in [0, 0.1) is 6.92 Å². The summed E-state index contributed by atoms with van der Waals surface area (Å²) in [5.74, 6) is -0.112. The monoisotopic (exact) mass is 259 g/mol. The first kappa shape index (κ1) is 12.7. The number of amides is 1. The van der Waals surface area contributed by atoms with Crippen molar-refractivity contribution in [1.82, 2.24) is 5.32 Å². The Morgan fingerprint density at radius 2 is 1.94 bits per heavy atom. The van der Waals surface area contributed by atoms with Gasteiger partial charge in [0.05, 0.1) is 0 Å². The summed E-state index contributed by atoms with van der Waals surface area (Å²) in [5, 5.41) is 3.44. The molecule has 0 saturated heterocycles. The van der Waals surface area contributed by atoms with Gasteiger partial charge in [-0.1, -0.05) is 47.5 Å². The lowest BCUT2D eigenvalue weighted by molar-refractivity contribution is 0.0951. The second-order valence-electron chi connectivity index (χ2n) is 4.18. The zero-order valence-electron chi connectivity index (χ0n) is 10.1. The predicted molar refractivity (Wildman–Crippen MR) is 73.8 cm³/mol. The molecule has 2 rings (SSSR count). The third-order valence-electron chi connectivity index (χ3n) is 2.62. The molecule has 0 radical (unpaired) electrons. The number of benzene rings is 2. The van der Waals surface area contributed by atoms with E-state index in [1.54, 1.807) is 24.3 Å². The Bertz CT molecular complexity index is 566. The molecule has 18 heavy (non-hydrogen) atoms. The normalized spacial score (nSPS) is 10.1. The molecule has 0 spiro atoms. The van der Waals surface area contributed by atoms with E-state index in [-0.39, 0.29) is 5.91 Å². The zero-order valence-corrected chi connectivity index (χ0v) is 10.9. The van der Waals surface area contributed by atoms with Gasteiger partial charge in [0.2, 0.25) is 0 Å². The lowest BCUT2D eigenvalue weighted by Gasteiger charge is -2.06. The van der Waals surface area contributed by atoms with E-state index < -0.39 is 0 Å². The topological polar surface area (TPSA) is 29.1 Å². The van der Waals surface area contributed by atoms with Crippen molar-refractivity contribution < 1.29 is 4.79 Å². The quantitative estimate of drug-likeness (QED) is 0.897. The van der Waals surface area contributed by atoms with Crippen molar-refractivity contribution in [1.29, 1.82) is 0 Å². The molecule has 0 saturated carbocycles.